The summed E-state index contributed by atoms with van der Waals surface area (Å²) in [5, 5.41) is 11.3. The Bertz CT molecular complexity index is 425. The average Bonchev–Trinajstić information content (AvgIpc) is 2.36. The summed E-state index contributed by atoms with van der Waals surface area (Å²) >= 11 is 0. The summed E-state index contributed by atoms with van der Waals surface area (Å²) in [6.45, 7) is 0.631. The highest BCUT2D eigenvalue weighted by Crippen LogP contribution is 2.04. The van der Waals surface area contributed by atoms with Crippen LogP contribution < -0.4 is 11.1 Å². The molecule has 4 amide bonds. The largest absolute Gasteiger partial charge is 0.480 e. The molecule has 1 heterocycles. The van der Waals surface area contributed by atoms with E-state index < -0.39 is 23.9 Å². The first-order chi connectivity index (χ1) is 9.31. The van der Waals surface area contributed by atoms with Crippen LogP contribution in [0.2, 0.25) is 0 Å². The zero-order valence-electron chi connectivity index (χ0n) is 11.2. The lowest BCUT2D eigenvalue weighted by molar-refractivity contribution is -0.139. The second-order valence-electron chi connectivity index (χ2n) is 4.58. The van der Waals surface area contributed by atoms with Crippen LogP contribution in [-0.4, -0.2) is 71.4 Å². The molecule has 9 heteroatoms. The Kier molecular flexibility index (Phi) is 5.30. The molecule has 1 rings (SSSR count). The topological polar surface area (TPSA) is 133 Å². The van der Waals surface area contributed by atoms with Crippen LogP contribution in [0.5, 0.6) is 0 Å². The lowest BCUT2D eigenvalue weighted by Crippen LogP contribution is -2.56. The number of hydrogen-bond acceptors (Lipinski definition) is 4. The normalized spacial score (nSPS) is 16.8. The third-order valence-corrected chi connectivity index (χ3v) is 3.02. The van der Waals surface area contributed by atoms with Crippen molar-refractivity contribution >= 4 is 23.8 Å². The van der Waals surface area contributed by atoms with Crippen LogP contribution in [0.25, 0.3) is 0 Å². The quantitative estimate of drug-likeness (QED) is 0.547. The van der Waals surface area contributed by atoms with Gasteiger partial charge in [-0.1, -0.05) is 0 Å². The first-order valence-electron chi connectivity index (χ1n) is 6.11. The number of nitrogens with one attached hydrogen (secondary N) is 1. The number of primary amides is 1. The third kappa shape index (κ3) is 4.41. The maximum atomic E-state index is 11.9. The van der Waals surface area contributed by atoms with Crippen molar-refractivity contribution in [3.63, 3.8) is 0 Å². The minimum Gasteiger partial charge on any atom is -0.480 e. The lowest BCUT2D eigenvalue weighted by Gasteiger charge is -2.32. The van der Waals surface area contributed by atoms with Crippen molar-refractivity contribution < 1.29 is 24.3 Å². The van der Waals surface area contributed by atoms with Gasteiger partial charge in [-0.25, -0.2) is 9.59 Å². The Morgan fingerprint density at radius 3 is 2.55 bits per heavy atom. The van der Waals surface area contributed by atoms with Gasteiger partial charge >= 0.3 is 12.0 Å². The molecule has 4 N–H and O–H groups in total. The molecule has 0 radical (unpaired) electrons. The number of hydrogen-bond donors (Lipinski definition) is 3. The van der Waals surface area contributed by atoms with Crippen molar-refractivity contribution in [3.8, 4) is 0 Å². The van der Waals surface area contributed by atoms with Crippen LogP contribution in [0.1, 0.15) is 12.8 Å². The number of amides is 4. The highest BCUT2D eigenvalue weighted by Gasteiger charge is 2.28. The first kappa shape index (κ1) is 15.7. The van der Waals surface area contributed by atoms with Crippen LogP contribution in [0.15, 0.2) is 0 Å². The smallest absolute Gasteiger partial charge is 0.326 e. The fourth-order valence-electron chi connectivity index (χ4n) is 1.72. The van der Waals surface area contributed by atoms with Crippen molar-refractivity contribution in [1.29, 1.82) is 0 Å². The number of rotatable bonds is 5. The summed E-state index contributed by atoms with van der Waals surface area (Å²) in [6.07, 6.45) is -0.225. The Labute approximate surface area is 115 Å². The Hall–Kier alpha value is -2.32. The van der Waals surface area contributed by atoms with E-state index in [1.807, 2.05) is 0 Å². The van der Waals surface area contributed by atoms with Gasteiger partial charge < -0.3 is 26.0 Å². The Morgan fingerprint density at radius 1 is 1.40 bits per heavy atom. The van der Waals surface area contributed by atoms with Crippen LogP contribution in [0.4, 0.5) is 4.79 Å². The highest BCUT2D eigenvalue weighted by atomic mass is 16.4. The van der Waals surface area contributed by atoms with Gasteiger partial charge in [0.1, 0.15) is 12.6 Å². The lowest BCUT2D eigenvalue weighted by atomic mass is 10.1. The van der Waals surface area contributed by atoms with E-state index >= 15 is 0 Å². The number of carbonyl (C=O) groups is 4. The first-order valence-corrected chi connectivity index (χ1v) is 6.11. The van der Waals surface area contributed by atoms with Crippen LogP contribution >= 0.6 is 0 Å². The van der Waals surface area contributed by atoms with Gasteiger partial charge in [0.25, 0.3) is 0 Å². The molecule has 1 aliphatic heterocycles. The minimum absolute atomic E-state index is 0.0852. The number of nitrogens with two attached hydrogens (primary N) is 1. The fraction of sp³-hybridized carbons (Fsp3) is 0.636. The van der Waals surface area contributed by atoms with Gasteiger partial charge in [0.05, 0.1) is 0 Å². The van der Waals surface area contributed by atoms with Crippen LogP contribution in [0, 0.1) is 0 Å². The van der Waals surface area contributed by atoms with Crippen molar-refractivity contribution in [3.05, 3.63) is 0 Å². The number of carbonyl (C=O) groups excluding carboxylic acids is 3. The summed E-state index contributed by atoms with van der Waals surface area (Å²) in [5.74, 6) is -2.10. The van der Waals surface area contributed by atoms with E-state index in [4.69, 9.17) is 10.8 Å². The number of carboxylic acids is 1. The van der Waals surface area contributed by atoms with E-state index in [0.29, 0.717) is 13.1 Å². The molecular formula is C11H18N4O5. The molecule has 0 aromatic carbocycles. The average molecular weight is 286 g/mol. The zero-order valence-corrected chi connectivity index (χ0v) is 11.2. The Balaban J connectivity index is 2.55. The molecule has 1 atom stereocenters. The van der Waals surface area contributed by atoms with Gasteiger partial charge in [-0.2, -0.15) is 0 Å². The molecular weight excluding hydrogens is 268 g/mol. The van der Waals surface area contributed by atoms with Gasteiger partial charge in [0, 0.05) is 26.6 Å². The summed E-state index contributed by atoms with van der Waals surface area (Å²) in [7, 11) is 1.63. The summed E-state index contributed by atoms with van der Waals surface area (Å²) in [6, 6.07) is -1.84. The standard InChI is InChI=1S/C11H18N4O5/c1-14-4-5-15(6-9(14)17)11(20)13-7(10(18)19)2-3-8(12)16/h7H,2-6H2,1H3,(H2,12,16)(H,13,20)(H,18,19)/t7-/m1/s1. The van der Waals surface area contributed by atoms with Gasteiger partial charge in [-0.3, -0.25) is 9.59 Å². The number of carboxylic acid groups (broad SMARTS) is 1. The Morgan fingerprint density at radius 2 is 2.05 bits per heavy atom. The van der Waals surface area contributed by atoms with Crippen LogP contribution in [0.3, 0.4) is 0 Å². The summed E-state index contributed by atoms with van der Waals surface area (Å²) < 4.78 is 0. The van der Waals surface area contributed by atoms with E-state index in [-0.39, 0.29) is 25.3 Å². The number of urea groups is 1. The van der Waals surface area contributed by atoms with Crippen molar-refractivity contribution in [1.82, 2.24) is 15.1 Å². The second-order valence-corrected chi connectivity index (χ2v) is 4.58. The predicted molar refractivity (Wildman–Crippen MR) is 67.6 cm³/mol. The zero-order chi connectivity index (χ0) is 15.3. The van der Waals surface area contributed by atoms with Gasteiger partial charge in [0.2, 0.25) is 11.8 Å². The van der Waals surface area contributed by atoms with Crippen LogP contribution in [-0.2, 0) is 14.4 Å². The highest BCUT2D eigenvalue weighted by molar-refractivity contribution is 5.87. The van der Waals surface area contributed by atoms with E-state index in [9.17, 15) is 19.2 Å². The number of aliphatic carboxylic acids is 1. The van der Waals surface area contributed by atoms with E-state index in [1.54, 1.807) is 7.05 Å². The number of piperazine rings is 1. The fourth-order valence-corrected chi connectivity index (χ4v) is 1.72. The maximum Gasteiger partial charge on any atom is 0.326 e. The number of nitrogens with zero attached hydrogens (tertiary/aromatic N) is 2. The molecule has 9 nitrogen and oxygen atoms in total. The SMILES string of the molecule is CN1CCN(C(=O)N[C@H](CCC(N)=O)C(=O)O)CC1=O. The van der Waals surface area contributed by atoms with Crippen molar-refractivity contribution in [2.24, 2.45) is 5.73 Å². The molecule has 112 valence electrons. The minimum atomic E-state index is -1.25. The predicted octanol–water partition coefficient (Wildman–Crippen LogP) is -1.81. The third-order valence-electron chi connectivity index (χ3n) is 3.02. The molecule has 0 unspecified atom stereocenters. The van der Waals surface area contributed by atoms with Gasteiger partial charge in [-0.05, 0) is 6.42 Å². The van der Waals surface area contributed by atoms with Gasteiger partial charge in [0.15, 0.2) is 0 Å². The molecule has 0 bridgehead atoms. The van der Waals surface area contributed by atoms with E-state index in [1.165, 1.54) is 9.80 Å². The molecule has 20 heavy (non-hydrogen) atoms. The van der Waals surface area contributed by atoms with Crippen molar-refractivity contribution in [2.75, 3.05) is 26.7 Å². The van der Waals surface area contributed by atoms with E-state index in [0.717, 1.165) is 0 Å². The second kappa shape index (κ2) is 6.73. The molecule has 0 aromatic rings. The number of likely N-dealkylation sites (N-methyl/N-ethyl adjacent to an activating group) is 1. The van der Waals surface area contributed by atoms with Gasteiger partial charge in [-0.15, -0.1) is 0 Å². The summed E-state index contributed by atoms with van der Waals surface area (Å²) in [4.78, 5) is 47.7. The molecule has 1 aliphatic rings. The molecule has 1 saturated heterocycles. The molecule has 0 saturated carbocycles. The molecule has 0 aliphatic carbocycles. The van der Waals surface area contributed by atoms with E-state index in [2.05, 4.69) is 5.32 Å². The summed E-state index contributed by atoms with van der Waals surface area (Å²) in [5.41, 5.74) is 4.94. The van der Waals surface area contributed by atoms with Crippen molar-refractivity contribution in [2.45, 2.75) is 18.9 Å². The molecule has 1 fully saturated rings. The molecule has 0 aromatic heterocycles. The monoisotopic (exact) mass is 286 g/mol. The molecule has 0 spiro atoms. The maximum absolute atomic E-state index is 11.9.